The normalized spacial score (nSPS) is 14.2. The predicted molar refractivity (Wildman–Crippen MR) is 159 cm³/mol. The van der Waals surface area contributed by atoms with Crippen molar-refractivity contribution in [1.82, 2.24) is 19.9 Å². The minimum absolute atomic E-state index is 0.0310. The Bertz CT molecular complexity index is 1740. The molecule has 0 saturated heterocycles. The molecule has 1 aliphatic heterocycles. The highest BCUT2D eigenvalue weighted by Gasteiger charge is 2.28. The average molecular weight is 589 g/mol. The summed E-state index contributed by atoms with van der Waals surface area (Å²) >= 11 is 0. The molecule has 11 nitrogen and oxygen atoms in total. The second kappa shape index (κ2) is 12.2. The first-order chi connectivity index (χ1) is 20.1. The van der Waals surface area contributed by atoms with Crippen LogP contribution in [0.2, 0.25) is 0 Å². The number of ether oxygens (including phenoxy) is 1. The topological polar surface area (TPSA) is 143 Å². The Morgan fingerprint density at radius 3 is 2.57 bits per heavy atom. The number of aromatic nitrogens is 3. The number of fused-ring (bicyclic) bond motifs is 2. The maximum absolute atomic E-state index is 13.6. The van der Waals surface area contributed by atoms with E-state index < -0.39 is 28.0 Å². The molecule has 2 N–H and O–H groups in total. The molecule has 1 aliphatic rings. The van der Waals surface area contributed by atoms with E-state index in [1.165, 1.54) is 37.4 Å². The van der Waals surface area contributed by atoms with Crippen LogP contribution in [0.15, 0.2) is 65.7 Å². The van der Waals surface area contributed by atoms with Crippen LogP contribution in [-0.2, 0) is 32.5 Å². The summed E-state index contributed by atoms with van der Waals surface area (Å²) in [4.78, 5) is 41.6. The van der Waals surface area contributed by atoms with Crippen LogP contribution < -0.4 is 10.0 Å². The Labute approximate surface area is 244 Å². The largest absolute Gasteiger partial charge is 0.449 e. The molecule has 218 valence electrons. The van der Waals surface area contributed by atoms with Gasteiger partial charge in [0.1, 0.15) is 0 Å². The van der Waals surface area contributed by atoms with Crippen molar-refractivity contribution >= 4 is 44.4 Å². The second-order valence-corrected chi connectivity index (χ2v) is 11.8. The molecular weight excluding hydrogens is 556 g/mol. The smallest absolute Gasteiger partial charge is 0.339 e. The van der Waals surface area contributed by atoms with Gasteiger partial charge in [0.2, 0.25) is 5.95 Å². The molecule has 0 bridgehead atoms. The number of nitrogens with zero attached hydrogens (tertiary/aromatic N) is 4. The van der Waals surface area contributed by atoms with Crippen LogP contribution in [0, 0.1) is 6.92 Å². The first-order valence-electron chi connectivity index (χ1n) is 13.7. The molecule has 0 fully saturated rings. The van der Waals surface area contributed by atoms with Gasteiger partial charge in [-0.3, -0.25) is 14.7 Å². The zero-order chi connectivity index (χ0) is 29.9. The maximum atomic E-state index is 13.6. The van der Waals surface area contributed by atoms with Gasteiger partial charge in [-0.1, -0.05) is 25.1 Å². The van der Waals surface area contributed by atoms with E-state index in [0.29, 0.717) is 34.4 Å². The summed E-state index contributed by atoms with van der Waals surface area (Å²) in [7, 11) is -3.94. The Hall–Kier alpha value is -4.42. The minimum Gasteiger partial charge on any atom is -0.449 e. The summed E-state index contributed by atoms with van der Waals surface area (Å²) < 4.78 is 33.4. The zero-order valence-corrected chi connectivity index (χ0v) is 24.4. The van der Waals surface area contributed by atoms with Gasteiger partial charge >= 0.3 is 5.97 Å². The molecule has 3 heterocycles. The Kier molecular flexibility index (Phi) is 8.46. The Balaban J connectivity index is 1.29. The van der Waals surface area contributed by atoms with Crippen molar-refractivity contribution in [2.75, 3.05) is 23.1 Å². The highest BCUT2D eigenvalue weighted by atomic mass is 32.2. The summed E-state index contributed by atoms with van der Waals surface area (Å²) in [6.45, 7) is 7.71. The van der Waals surface area contributed by atoms with Gasteiger partial charge in [-0.25, -0.2) is 27.9 Å². The first kappa shape index (κ1) is 29.1. The average Bonchev–Trinajstić information content (AvgIpc) is 2.96. The van der Waals surface area contributed by atoms with Gasteiger partial charge in [-0.2, -0.15) is 0 Å². The Morgan fingerprint density at radius 2 is 1.83 bits per heavy atom. The maximum Gasteiger partial charge on any atom is 0.339 e. The first-order valence-corrected chi connectivity index (χ1v) is 15.2. The summed E-state index contributed by atoms with van der Waals surface area (Å²) in [5.41, 5.74) is 3.83. The van der Waals surface area contributed by atoms with Crippen LogP contribution in [0.1, 0.15) is 47.6 Å². The quantitative estimate of drug-likeness (QED) is 0.276. The molecule has 1 unspecified atom stereocenters. The van der Waals surface area contributed by atoms with E-state index in [1.807, 2.05) is 24.3 Å². The third-order valence-electron chi connectivity index (χ3n) is 6.98. The van der Waals surface area contributed by atoms with Crippen LogP contribution in [0.3, 0.4) is 0 Å². The number of anilines is 2. The fourth-order valence-corrected chi connectivity index (χ4v) is 5.85. The number of carbonyl (C=O) groups is 2. The molecule has 2 aromatic heterocycles. The number of rotatable bonds is 9. The molecule has 1 amide bonds. The molecule has 0 radical (unpaired) electrons. The van der Waals surface area contributed by atoms with E-state index in [0.717, 1.165) is 37.2 Å². The van der Waals surface area contributed by atoms with Crippen LogP contribution in [0.25, 0.3) is 10.9 Å². The summed E-state index contributed by atoms with van der Waals surface area (Å²) in [6.07, 6.45) is 2.08. The molecule has 0 aliphatic carbocycles. The van der Waals surface area contributed by atoms with E-state index >= 15 is 0 Å². The molecule has 42 heavy (non-hydrogen) atoms. The van der Waals surface area contributed by atoms with Crippen LogP contribution in [-0.4, -0.2) is 59.3 Å². The van der Waals surface area contributed by atoms with Crippen LogP contribution in [0.4, 0.5) is 11.6 Å². The number of hydrogen-bond acceptors (Lipinski definition) is 9. The summed E-state index contributed by atoms with van der Waals surface area (Å²) in [5.74, 6) is -1.17. The monoisotopic (exact) mass is 588 g/mol. The van der Waals surface area contributed by atoms with Crippen LogP contribution >= 0.6 is 0 Å². The van der Waals surface area contributed by atoms with Gasteiger partial charge in [-0.15, -0.1) is 0 Å². The Morgan fingerprint density at radius 1 is 1.07 bits per heavy atom. The SMILES string of the molecule is CCCN1CCc2nc3ccccc3c(C(=O)OC(C)C(=O)Nc3ccc(S(=O)(=O)Nc4nccc(C)n4)cc3)c2C1. The lowest BCUT2D eigenvalue weighted by Gasteiger charge is -2.29. The van der Waals surface area contributed by atoms with Gasteiger partial charge in [0, 0.05) is 53.7 Å². The molecule has 2 aromatic carbocycles. The van der Waals surface area contributed by atoms with E-state index in [4.69, 9.17) is 9.72 Å². The highest BCUT2D eigenvalue weighted by molar-refractivity contribution is 7.92. The van der Waals surface area contributed by atoms with Gasteiger partial charge in [0.15, 0.2) is 6.10 Å². The molecule has 1 atom stereocenters. The third kappa shape index (κ3) is 6.39. The van der Waals surface area contributed by atoms with E-state index in [-0.39, 0.29) is 10.8 Å². The van der Waals surface area contributed by atoms with E-state index in [2.05, 4.69) is 31.8 Å². The number of hydrogen-bond donors (Lipinski definition) is 2. The van der Waals surface area contributed by atoms with Gasteiger partial charge in [-0.05, 0) is 63.2 Å². The van der Waals surface area contributed by atoms with Crippen LogP contribution in [0.5, 0.6) is 0 Å². The molecule has 4 aromatic rings. The lowest BCUT2D eigenvalue weighted by molar-refractivity contribution is -0.123. The lowest BCUT2D eigenvalue weighted by atomic mass is 9.95. The van der Waals surface area contributed by atoms with Gasteiger partial charge < -0.3 is 10.1 Å². The lowest BCUT2D eigenvalue weighted by Crippen LogP contribution is -2.34. The van der Waals surface area contributed by atoms with E-state index in [9.17, 15) is 18.0 Å². The second-order valence-electron chi connectivity index (χ2n) is 10.1. The van der Waals surface area contributed by atoms with E-state index in [1.54, 1.807) is 13.0 Å². The molecular formula is C30H32N6O5S. The number of pyridine rings is 1. The summed E-state index contributed by atoms with van der Waals surface area (Å²) in [6, 6.07) is 14.7. The number of benzene rings is 2. The number of esters is 1. The van der Waals surface area contributed by atoms with Crippen molar-refractivity contribution in [3.05, 3.63) is 83.3 Å². The van der Waals surface area contributed by atoms with Crippen molar-refractivity contribution in [2.45, 2.75) is 51.2 Å². The van der Waals surface area contributed by atoms with Crippen molar-refractivity contribution in [3.8, 4) is 0 Å². The molecule has 12 heteroatoms. The molecule has 0 saturated carbocycles. The third-order valence-corrected chi connectivity index (χ3v) is 8.32. The van der Waals surface area contributed by atoms with Crippen molar-refractivity contribution in [1.29, 1.82) is 0 Å². The van der Waals surface area contributed by atoms with Crippen molar-refractivity contribution in [2.24, 2.45) is 0 Å². The predicted octanol–water partition coefficient (Wildman–Crippen LogP) is 4.09. The number of sulfonamides is 1. The molecule has 5 rings (SSSR count). The zero-order valence-electron chi connectivity index (χ0n) is 23.6. The number of carbonyl (C=O) groups excluding carboxylic acids is 2. The fraction of sp³-hybridized carbons (Fsp3) is 0.300. The number of aryl methyl sites for hydroxylation is 1. The standard InChI is InChI=1S/C30H32N6O5S/c1-4-16-36-17-14-26-24(18-36)27(23-7-5-6-8-25(23)34-26)29(38)41-20(3)28(37)33-21-9-11-22(12-10-21)42(39,40)35-30-31-15-13-19(2)32-30/h5-13,15,20H,4,14,16-18H2,1-3H3,(H,33,37)(H,31,32,35). The van der Waals surface area contributed by atoms with Gasteiger partial charge in [0.05, 0.1) is 16.0 Å². The minimum atomic E-state index is -3.94. The molecule has 0 spiro atoms. The summed E-state index contributed by atoms with van der Waals surface area (Å²) in [5, 5.41) is 3.37. The van der Waals surface area contributed by atoms with Gasteiger partial charge in [0.25, 0.3) is 15.9 Å². The highest BCUT2D eigenvalue weighted by Crippen LogP contribution is 2.29. The number of para-hydroxylation sites is 1. The fourth-order valence-electron chi connectivity index (χ4n) is 4.90. The number of nitrogens with one attached hydrogen (secondary N) is 2. The van der Waals surface area contributed by atoms with Crippen molar-refractivity contribution < 1.29 is 22.7 Å². The van der Waals surface area contributed by atoms with Crippen molar-refractivity contribution in [3.63, 3.8) is 0 Å². The number of amides is 1.